The van der Waals surface area contributed by atoms with E-state index in [1.165, 1.54) is 19.1 Å². The monoisotopic (exact) mass is 562 g/mol. The highest BCUT2D eigenvalue weighted by molar-refractivity contribution is 5.96. The smallest absolute Gasteiger partial charge is 0.302 e. The maximum atomic E-state index is 14.1. The second-order valence-electron chi connectivity index (χ2n) is 10.9. The lowest BCUT2D eigenvalue weighted by molar-refractivity contribution is -0.150. The van der Waals surface area contributed by atoms with Crippen molar-refractivity contribution in [3.05, 3.63) is 98.2 Å². The number of carbonyl (C=O) groups excluding carboxylic acids is 3. The Balaban J connectivity index is 1.51. The van der Waals surface area contributed by atoms with Crippen LogP contribution in [0.25, 0.3) is 0 Å². The van der Waals surface area contributed by atoms with Crippen LogP contribution < -0.4 is 10.9 Å². The summed E-state index contributed by atoms with van der Waals surface area (Å²) in [5, 5.41) is 9.09. The normalized spacial score (nSPS) is 18.4. The van der Waals surface area contributed by atoms with E-state index in [0.717, 1.165) is 11.1 Å². The second-order valence-corrected chi connectivity index (χ2v) is 10.9. The Morgan fingerprint density at radius 2 is 1.88 bits per heavy atom. The molecule has 2 aromatic carbocycles. The van der Waals surface area contributed by atoms with E-state index in [1.54, 1.807) is 48.2 Å². The number of carbonyl (C=O) groups is 3. The zero-order valence-electron chi connectivity index (χ0n) is 23.9. The number of rotatable bonds is 8. The number of likely N-dealkylation sites (tertiary alicyclic amines) is 1. The van der Waals surface area contributed by atoms with Crippen LogP contribution in [0.15, 0.2) is 53.3 Å². The van der Waals surface area contributed by atoms with E-state index in [-0.39, 0.29) is 23.9 Å². The number of nitrogens with zero attached hydrogens (tertiary/aromatic N) is 2. The van der Waals surface area contributed by atoms with Gasteiger partial charge in [0.05, 0.1) is 24.3 Å². The van der Waals surface area contributed by atoms with Crippen molar-refractivity contribution in [2.45, 2.75) is 65.6 Å². The number of aromatic nitrogens is 2. The summed E-state index contributed by atoms with van der Waals surface area (Å²) in [4.78, 5) is 52.2. The Kier molecular flexibility index (Phi) is 9.00. The van der Waals surface area contributed by atoms with Gasteiger partial charge in [0.15, 0.2) is 0 Å². The lowest BCUT2D eigenvalue weighted by atomic mass is 9.98. The van der Waals surface area contributed by atoms with Gasteiger partial charge in [-0.2, -0.15) is 5.10 Å². The van der Waals surface area contributed by atoms with Crippen molar-refractivity contribution in [3.63, 3.8) is 0 Å². The zero-order valence-corrected chi connectivity index (χ0v) is 23.9. The highest BCUT2D eigenvalue weighted by Crippen LogP contribution is 2.41. The average molecular weight is 563 g/mol. The molecular weight excluding hydrogens is 527 g/mol. The van der Waals surface area contributed by atoms with Crippen molar-refractivity contribution >= 4 is 17.8 Å². The number of amides is 2. The van der Waals surface area contributed by atoms with Crippen LogP contribution in [0.4, 0.5) is 4.39 Å². The molecule has 2 N–H and O–H groups in total. The minimum atomic E-state index is -0.563. The summed E-state index contributed by atoms with van der Waals surface area (Å²) in [6.45, 7) is 8.55. The predicted octanol–water partition coefficient (Wildman–Crippen LogP) is 3.78. The van der Waals surface area contributed by atoms with Crippen LogP contribution in [0.1, 0.15) is 71.5 Å². The first-order chi connectivity index (χ1) is 19.4. The quantitative estimate of drug-likeness (QED) is 0.403. The zero-order chi connectivity index (χ0) is 29.8. The van der Waals surface area contributed by atoms with Gasteiger partial charge in [-0.3, -0.25) is 19.2 Å². The minimum absolute atomic E-state index is 0.0656. The van der Waals surface area contributed by atoms with Crippen LogP contribution in [-0.4, -0.2) is 51.6 Å². The van der Waals surface area contributed by atoms with Crippen LogP contribution in [0.2, 0.25) is 0 Å². The number of aryl methyl sites for hydroxylation is 2. The molecule has 0 saturated carbocycles. The molecule has 1 saturated heterocycles. The number of hydrogen-bond donors (Lipinski definition) is 2. The van der Waals surface area contributed by atoms with Gasteiger partial charge in [0.25, 0.3) is 11.5 Å². The molecule has 1 fully saturated rings. The fourth-order valence-corrected chi connectivity index (χ4v) is 5.57. The van der Waals surface area contributed by atoms with Crippen molar-refractivity contribution in [1.29, 1.82) is 0 Å². The summed E-state index contributed by atoms with van der Waals surface area (Å²) in [6.07, 6.45) is 0.153. The van der Waals surface area contributed by atoms with Gasteiger partial charge in [-0.15, -0.1) is 0 Å². The molecule has 0 radical (unpaired) electrons. The van der Waals surface area contributed by atoms with Crippen molar-refractivity contribution in [2.24, 2.45) is 5.92 Å². The molecule has 0 spiro atoms. The predicted molar refractivity (Wildman–Crippen MR) is 151 cm³/mol. The highest BCUT2D eigenvalue weighted by Gasteiger charge is 2.47. The number of benzene rings is 2. The van der Waals surface area contributed by atoms with Gasteiger partial charge >= 0.3 is 5.97 Å². The van der Waals surface area contributed by atoms with Crippen molar-refractivity contribution < 1.29 is 23.5 Å². The number of esters is 1. The Morgan fingerprint density at radius 3 is 2.54 bits per heavy atom. The third-order valence-electron chi connectivity index (χ3n) is 7.41. The van der Waals surface area contributed by atoms with Gasteiger partial charge in [0.2, 0.25) is 5.91 Å². The Hall–Kier alpha value is -4.34. The summed E-state index contributed by atoms with van der Waals surface area (Å²) in [6, 6.07) is 12.0. The fraction of sp³-hybridized carbons (Fsp3) is 0.387. The van der Waals surface area contributed by atoms with E-state index in [2.05, 4.69) is 15.5 Å². The van der Waals surface area contributed by atoms with Crippen LogP contribution >= 0.6 is 0 Å². The number of nitrogens with one attached hydrogen (secondary N) is 2. The van der Waals surface area contributed by atoms with Crippen LogP contribution in [0, 0.1) is 25.6 Å². The molecule has 41 heavy (non-hydrogen) atoms. The van der Waals surface area contributed by atoms with Gasteiger partial charge in [-0.25, -0.2) is 9.49 Å². The second kappa shape index (κ2) is 12.4. The average Bonchev–Trinajstić information content (AvgIpc) is 3.29. The third kappa shape index (κ3) is 6.87. The lowest BCUT2D eigenvalue weighted by Gasteiger charge is -2.34. The summed E-state index contributed by atoms with van der Waals surface area (Å²) in [5.41, 5.74) is 3.71. The maximum Gasteiger partial charge on any atom is 0.302 e. The summed E-state index contributed by atoms with van der Waals surface area (Å²) < 4.78 is 19.7. The molecule has 10 heteroatoms. The molecule has 3 atom stereocenters. The van der Waals surface area contributed by atoms with Gasteiger partial charge in [-0.05, 0) is 66.8 Å². The molecule has 2 amide bonds. The van der Waals surface area contributed by atoms with Gasteiger partial charge in [-0.1, -0.05) is 32.0 Å². The summed E-state index contributed by atoms with van der Waals surface area (Å²) in [5.74, 6) is -1.73. The molecule has 9 nitrogen and oxygen atoms in total. The van der Waals surface area contributed by atoms with Gasteiger partial charge < -0.3 is 15.0 Å². The van der Waals surface area contributed by atoms with E-state index in [9.17, 15) is 23.6 Å². The standard InChI is InChI=1S/C31H35FN4O5/c1-17(2)29-27(41-20(5)37)15-26(22-7-6-8-25(32)14-22)36(29)28(38)16-33-30(39)23-10-9-21(18(3)11-23)13-24-12-19(4)34-35-31(24)40/h6-12,14,17,26-27,29H,13,15-16H2,1-5H3,(H,33,39)(H,35,40)/t26-,27+,29-/m0/s1. The minimum Gasteiger partial charge on any atom is -0.460 e. The number of halogens is 1. The Bertz CT molecular complexity index is 1520. The SMILES string of the molecule is CC(=O)O[C@@H]1C[C@@H](c2cccc(F)c2)N(C(=O)CNC(=O)c2ccc(Cc3cc(C)n[nH]c3=O)c(C)c2)[C@H]1C(C)C. The first-order valence-electron chi connectivity index (χ1n) is 13.6. The summed E-state index contributed by atoms with van der Waals surface area (Å²) >= 11 is 0. The number of aromatic amines is 1. The molecule has 1 aliphatic heterocycles. The molecular formula is C31H35FN4O5. The first kappa shape index (κ1) is 29.6. The van der Waals surface area contributed by atoms with E-state index in [0.29, 0.717) is 35.2 Å². The molecule has 3 aromatic rings. The number of ether oxygens (including phenoxy) is 1. The topological polar surface area (TPSA) is 121 Å². The van der Waals surface area contributed by atoms with Crippen LogP contribution in [0.3, 0.4) is 0 Å². The molecule has 0 bridgehead atoms. The summed E-state index contributed by atoms with van der Waals surface area (Å²) in [7, 11) is 0. The van der Waals surface area contributed by atoms with Crippen molar-refractivity contribution in [2.75, 3.05) is 6.54 Å². The molecule has 1 aliphatic rings. The molecule has 2 heterocycles. The lowest BCUT2D eigenvalue weighted by Crippen LogP contribution is -2.48. The first-order valence-corrected chi connectivity index (χ1v) is 13.6. The van der Waals surface area contributed by atoms with E-state index < -0.39 is 35.9 Å². The van der Waals surface area contributed by atoms with Gasteiger partial charge in [0, 0.05) is 30.9 Å². The maximum absolute atomic E-state index is 14.1. The fourth-order valence-electron chi connectivity index (χ4n) is 5.57. The van der Waals surface area contributed by atoms with E-state index >= 15 is 0 Å². The molecule has 216 valence electrons. The van der Waals surface area contributed by atoms with Crippen LogP contribution in [-0.2, 0) is 20.7 Å². The molecule has 0 aliphatic carbocycles. The van der Waals surface area contributed by atoms with Crippen molar-refractivity contribution in [1.82, 2.24) is 20.4 Å². The highest BCUT2D eigenvalue weighted by atomic mass is 19.1. The van der Waals surface area contributed by atoms with Crippen molar-refractivity contribution in [3.8, 4) is 0 Å². The third-order valence-corrected chi connectivity index (χ3v) is 7.41. The Morgan fingerprint density at radius 1 is 1.12 bits per heavy atom. The van der Waals surface area contributed by atoms with E-state index in [4.69, 9.17) is 4.74 Å². The Labute approximate surface area is 238 Å². The number of hydrogen-bond acceptors (Lipinski definition) is 6. The number of H-pyrrole nitrogens is 1. The molecule has 1 aromatic heterocycles. The molecule has 4 rings (SSSR count). The van der Waals surface area contributed by atoms with Crippen LogP contribution in [0.5, 0.6) is 0 Å². The van der Waals surface area contributed by atoms with E-state index in [1.807, 2.05) is 20.8 Å². The molecule has 0 unspecified atom stereocenters. The van der Waals surface area contributed by atoms with Gasteiger partial charge in [0.1, 0.15) is 11.9 Å². The largest absolute Gasteiger partial charge is 0.460 e.